The molecule has 2 aromatic rings. The molecule has 0 aromatic heterocycles. The van der Waals surface area contributed by atoms with Crippen LogP contribution in [-0.4, -0.2) is 17.9 Å². The molecule has 0 aliphatic heterocycles. The second-order valence-electron chi connectivity index (χ2n) is 7.66. The van der Waals surface area contributed by atoms with Crippen LogP contribution in [0.2, 0.25) is 0 Å². The number of carbonyl (C=O) groups is 3. The zero-order valence-electron chi connectivity index (χ0n) is 19.2. The van der Waals surface area contributed by atoms with E-state index < -0.39 is 17.9 Å². The quantitative estimate of drug-likeness (QED) is 0.288. The lowest BCUT2D eigenvalue weighted by atomic mass is 9.95. The van der Waals surface area contributed by atoms with Crippen molar-refractivity contribution in [2.24, 2.45) is 0 Å². The first kappa shape index (κ1) is 25.1. The van der Waals surface area contributed by atoms with Gasteiger partial charge in [-0.25, -0.2) is 14.4 Å². The van der Waals surface area contributed by atoms with Gasteiger partial charge in [-0.3, -0.25) is 0 Å². The highest BCUT2D eigenvalue weighted by Gasteiger charge is 2.18. The summed E-state index contributed by atoms with van der Waals surface area (Å²) >= 11 is 0. The third-order valence-electron chi connectivity index (χ3n) is 4.37. The SMILES string of the molecule is C=C(C)C(=O)Oc1ccc(-c2ccc(OC(=O)C(=C)C)c(OC(=O)C(=C)C)c2)c(C(=C)C)c1. The summed E-state index contributed by atoms with van der Waals surface area (Å²) in [5.41, 5.74) is 3.49. The van der Waals surface area contributed by atoms with Gasteiger partial charge in [0.1, 0.15) is 5.75 Å². The van der Waals surface area contributed by atoms with Crippen LogP contribution in [0.5, 0.6) is 17.2 Å². The second-order valence-corrected chi connectivity index (χ2v) is 7.66. The normalized spacial score (nSPS) is 10.1. The summed E-state index contributed by atoms with van der Waals surface area (Å²) in [6, 6.07) is 9.88. The van der Waals surface area contributed by atoms with E-state index in [9.17, 15) is 14.4 Å². The standard InChI is InChI=1S/C27H26O6/c1-15(2)22-14-20(31-25(28)16(3)4)10-11-21(22)19-9-12-23(32-26(29)17(5)6)24(13-19)33-27(30)18(7)8/h9-14H,1,3,5,7H2,2,4,6,8H3. The molecule has 6 heteroatoms. The molecule has 6 nitrogen and oxygen atoms in total. The van der Waals surface area contributed by atoms with Crippen LogP contribution >= 0.6 is 0 Å². The molecule has 2 aromatic carbocycles. The zero-order valence-corrected chi connectivity index (χ0v) is 19.2. The average molecular weight is 446 g/mol. The van der Waals surface area contributed by atoms with E-state index in [1.807, 2.05) is 6.92 Å². The average Bonchev–Trinajstić information content (AvgIpc) is 2.74. The van der Waals surface area contributed by atoms with Crippen LogP contribution in [-0.2, 0) is 14.4 Å². The number of hydrogen-bond acceptors (Lipinski definition) is 6. The predicted molar refractivity (Wildman–Crippen MR) is 128 cm³/mol. The predicted octanol–water partition coefficient (Wildman–Crippen LogP) is 5.83. The largest absolute Gasteiger partial charge is 0.423 e. The van der Waals surface area contributed by atoms with Gasteiger partial charge in [0.2, 0.25) is 0 Å². The van der Waals surface area contributed by atoms with E-state index >= 15 is 0 Å². The summed E-state index contributed by atoms with van der Waals surface area (Å²) in [7, 11) is 0. The maximum absolute atomic E-state index is 12.2. The molecule has 0 N–H and O–H groups in total. The molecule has 0 heterocycles. The van der Waals surface area contributed by atoms with Crippen LogP contribution < -0.4 is 14.2 Å². The number of ether oxygens (including phenoxy) is 3. The summed E-state index contributed by atoms with van der Waals surface area (Å²) in [6.07, 6.45) is 0. The van der Waals surface area contributed by atoms with E-state index in [2.05, 4.69) is 26.3 Å². The van der Waals surface area contributed by atoms with Crippen LogP contribution in [0, 0.1) is 0 Å². The summed E-state index contributed by atoms with van der Waals surface area (Å²) in [6.45, 7) is 21.1. The highest BCUT2D eigenvalue weighted by molar-refractivity contribution is 5.92. The van der Waals surface area contributed by atoms with Crippen molar-refractivity contribution in [2.75, 3.05) is 0 Å². The van der Waals surface area contributed by atoms with Crippen molar-refractivity contribution in [3.8, 4) is 28.4 Å². The van der Waals surface area contributed by atoms with Gasteiger partial charge >= 0.3 is 17.9 Å². The molecule has 0 aliphatic rings. The summed E-state index contributed by atoms with van der Waals surface area (Å²) in [4.78, 5) is 36.1. The van der Waals surface area contributed by atoms with Crippen molar-refractivity contribution < 1.29 is 28.6 Å². The molecular weight excluding hydrogens is 420 g/mol. The van der Waals surface area contributed by atoms with Gasteiger partial charge in [-0.05, 0) is 68.7 Å². The van der Waals surface area contributed by atoms with Gasteiger partial charge in [0.25, 0.3) is 0 Å². The minimum atomic E-state index is -0.665. The maximum Gasteiger partial charge on any atom is 0.338 e. The first-order valence-electron chi connectivity index (χ1n) is 9.98. The molecule has 0 radical (unpaired) electrons. The molecule has 0 unspecified atom stereocenters. The minimum absolute atomic E-state index is 0.0422. The van der Waals surface area contributed by atoms with E-state index in [0.717, 1.165) is 11.1 Å². The number of benzene rings is 2. The molecule has 2 rings (SSSR count). The number of hydrogen-bond donors (Lipinski definition) is 0. The monoisotopic (exact) mass is 446 g/mol. The Labute approximate surface area is 193 Å². The Kier molecular flexibility index (Phi) is 7.91. The van der Waals surface area contributed by atoms with E-state index in [1.165, 1.54) is 19.9 Å². The number of carbonyl (C=O) groups excluding carboxylic acids is 3. The molecule has 0 fully saturated rings. The fourth-order valence-electron chi connectivity index (χ4n) is 2.60. The van der Waals surface area contributed by atoms with Gasteiger partial charge < -0.3 is 14.2 Å². The Balaban J connectivity index is 2.57. The van der Waals surface area contributed by atoms with Gasteiger partial charge in [0.05, 0.1) is 0 Å². The minimum Gasteiger partial charge on any atom is -0.423 e. The summed E-state index contributed by atoms with van der Waals surface area (Å²) in [5, 5.41) is 0. The van der Waals surface area contributed by atoms with E-state index in [4.69, 9.17) is 14.2 Å². The lowest BCUT2D eigenvalue weighted by Crippen LogP contribution is -2.13. The molecule has 33 heavy (non-hydrogen) atoms. The molecule has 0 spiro atoms. The molecule has 0 saturated heterocycles. The van der Waals surface area contributed by atoms with Crippen LogP contribution in [0.3, 0.4) is 0 Å². The van der Waals surface area contributed by atoms with Crippen LogP contribution in [0.4, 0.5) is 0 Å². The molecule has 0 saturated carbocycles. The Morgan fingerprint density at radius 2 is 1.15 bits per heavy atom. The molecule has 0 atom stereocenters. The fraction of sp³-hybridized carbons (Fsp3) is 0.148. The Morgan fingerprint density at radius 1 is 0.636 bits per heavy atom. The van der Waals surface area contributed by atoms with Gasteiger partial charge in [0.15, 0.2) is 11.5 Å². The first-order valence-corrected chi connectivity index (χ1v) is 9.98. The Morgan fingerprint density at radius 3 is 1.67 bits per heavy atom. The van der Waals surface area contributed by atoms with Gasteiger partial charge in [-0.2, -0.15) is 0 Å². The number of allylic oxidation sites excluding steroid dienone is 1. The lowest BCUT2D eigenvalue weighted by Gasteiger charge is -2.15. The topological polar surface area (TPSA) is 78.9 Å². The molecule has 0 aliphatic carbocycles. The van der Waals surface area contributed by atoms with Crippen LogP contribution in [0.25, 0.3) is 16.7 Å². The number of esters is 3. The van der Waals surface area contributed by atoms with Gasteiger partial charge in [-0.1, -0.05) is 44.0 Å². The van der Waals surface area contributed by atoms with Crippen molar-refractivity contribution in [3.63, 3.8) is 0 Å². The van der Waals surface area contributed by atoms with Gasteiger partial charge in [0, 0.05) is 16.7 Å². The molecule has 0 amide bonds. The Bertz CT molecular complexity index is 1200. The molecular formula is C27H26O6. The summed E-state index contributed by atoms with van der Waals surface area (Å²) < 4.78 is 16.0. The smallest absolute Gasteiger partial charge is 0.338 e. The van der Waals surface area contributed by atoms with Crippen LogP contribution in [0.15, 0.2) is 79.4 Å². The van der Waals surface area contributed by atoms with Gasteiger partial charge in [-0.15, -0.1) is 0 Å². The van der Waals surface area contributed by atoms with Crippen molar-refractivity contribution in [3.05, 3.63) is 85.0 Å². The fourth-order valence-corrected chi connectivity index (χ4v) is 2.60. The van der Waals surface area contributed by atoms with Crippen molar-refractivity contribution >= 4 is 23.5 Å². The third kappa shape index (κ3) is 6.40. The van der Waals surface area contributed by atoms with Crippen molar-refractivity contribution in [1.29, 1.82) is 0 Å². The second kappa shape index (κ2) is 10.4. The highest BCUT2D eigenvalue weighted by Crippen LogP contribution is 2.37. The lowest BCUT2D eigenvalue weighted by molar-refractivity contribution is -0.132. The van der Waals surface area contributed by atoms with E-state index in [-0.39, 0.29) is 28.2 Å². The number of rotatable bonds is 8. The van der Waals surface area contributed by atoms with E-state index in [0.29, 0.717) is 16.9 Å². The molecule has 0 bridgehead atoms. The zero-order chi connectivity index (χ0) is 24.9. The highest BCUT2D eigenvalue weighted by atomic mass is 16.6. The molecule has 170 valence electrons. The van der Waals surface area contributed by atoms with Crippen LogP contribution in [0.1, 0.15) is 33.3 Å². The van der Waals surface area contributed by atoms with E-state index in [1.54, 1.807) is 37.3 Å². The Hall–Kier alpha value is -4.19. The third-order valence-corrected chi connectivity index (χ3v) is 4.37. The van der Waals surface area contributed by atoms with Crippen molar-refractivity contribution in [1.82, 2.24) is 0 Å². The van der Waals surface area contributed by atoms with Crippen molar-refractivity contribution in [2.45, 2.75) is 27.7 Å². The maximum atomic E-state index is 12.2. The first-order chi connectivity index (χ1) is 15.4. The summed E-state index contributed by atoms with van der Waals surface area (Å²) in [5.74, 6) is -1.41.